The molecular formula is C14H15N5O2S2. The van der Waals surface area contributed by atoms with E-state index in [1.54, 1.807) is 47.4 Å². The van der Waals surface area contributed by atoms with Gasteiger partial charge < -0.3 is 14.3 Å². The molecule has 0 fully saturated rings. The number of oxazole rings is 1. The van der Waals surface area contributed by atoms with E-state index < -0.39 is 0 Å². The van der Waals surface area contributed by atoms with Gasteiger partial charge in [-0.15, -0.1) is 11.8 Å². The third-order valence-corrected chi connectivity index (χ3v) is 5.00. The summed E-state index contributed by atoms with van der Waals surface area (Å²) in [5, 5.41) is 3.36. The van der Waals surface area contributed by atoms with E-state index in [9.17, 15) is 4.79 Å². The van der Waals surface area contributed by atoms with Crippen molar-refractivity contribution in [3.63, 3.8) is 0 Å². The highest BCUT2D eigenvalue weighted by Crippen LogP contribution is 2.30. The maximum Gasteiger partial charge on any atom is 0.246 e. The number of aryl methyl sites for hydroxylation is 1. The van der Waals surface area contributed by atoms with E-state index in [4.69, 9.17) is 4.42 Å². The summed E-state index contributed by atoms with van der Waals surface area (Å²) in [5.74, 6) is 2.10. The highest BCUT2D eigenvalue weighted by Gasteiger charge is 2.09. The second-order valence-electron chi connectivity index (χ2n) is 4.63. The molecule has 1 N–H and O–H groups in total. The molecule has 3 aromatic heterocycles. The highest BCUT2D eigenvalue weighted by molar-refractivity contribution is 8.00. The summed E-state index contributed by atoms with van der Waals surface area (Å²) in [6.45, 7) is 2.25. The molecule has 0 radical (unpaired) electrons. The zero-order chi connectivity index (χ0) is 16.1. The lowest BCUT2D eigenvalue weighted by molar-refractivity contribution is -0.116. The van der Waals surface area contributed by atoms with E-state index in [0.29, 0.717) is 16.8 Å². The Morgan fingerprint density at radius 3 is 3.09 bits per heavy atom. The first-order chi connectivity index (χ1) is 11.2. The molecule has 3 aromatic rings. The molecule has 9 heteroatoms. The van der Waals surface area contributed by atoms with Crippen molar-refractivity contribution in [2.75, 3.05) is 5.32 Å². The maximum atomic E-state index is 11.9. The van der Waals surface area contributed by atoms with Gasteiger partial charge in [0.05, 0.1) is 28.7 Å². The van der Waals surface area contributed by atoms with Crippen molar-refractivity contribution in [1.29, 1.82) is 0 Å². The fourth-order valence-corrected chi connectivity index (χ4v) is 3.54. The zero-order valence-electron chi connectivity index (χ0n) is 12.4. The van der Waals surface area contributed by atoms with Crippen LogP contribution in [-0.4, -0.2) is 25.4 Å². The SMILES string of the molecule is CCc1cnc(CSc2cnc(NC(=O)Cn3ccnc3)s2)o1. The molecule has 0 atom stereocenters. The second-order valence-corrected chi connectivity index (χ2v) is 6.94. The van der Waals surface area contributed by atoms with Gasteiger partial charge in [-0.25, -0.2) is 15.0 Å². The smallest absolute Gasteiger partial charge is 0.246 e. The number of nitrogens with zero attached hydrogens (tertiary/aromatic N) is 4. The molecule has 0 bridgehead atoms. The molecule has 3 heterocycles. The molecule has 23 heavy (non-hydrogen) atoms. The van der Waals surface area contributed by atoms with Gasteiger partial charge in [-0.2, -0.15) is 0 Å². The average Bonchev–Trinajstić information content (AvgIpc) is 3.26. The van der Waals surface area contributed by atoms with Crippen LogP contribution in [0.2, 0.25) is 0 Å². The van der Waals surface area contributed by atoms with Crippen LogP contribution in [0, 0.1) is 0 Å². The summed E-state index contributed by atoms with van der Waals surface area (Å²) in [5.41, 5.74) is 0. The average molecular weight is 349 g/mol. The van der Waals surface area contributed by atoms with Crippen LogP contribution in [0.15, 0.2) is 39.7 Å². The van der Waals surface area contributed by atoms with Crippen molar-refractivity contribution in [2.45, 2.75) is 29.9 Å². The minimum Gasteiger partial charge on any atom is -0.445 e. The molecule has 0 spiro atoms. The number of carbonyl (C=O) groups is 1. The first kappa shape index (κ1) is 15.8. The number of hydrogen-bond donors (Lipinski definition) is 1. The van der Waals surface area contributed by atoms with E-state index in [1.165, 1.54) is 11.3 Å². The molecule has 0 aliphatic carbocycles. The number of rotatable bonds is 7. The molecule has 3 rings (SSSR count). The molecule has 0 saturated heterocycles. The summed E-state index contributed by atoms with van der Waals surface area (Å²) in [7, 11) is 0. The topological polar surface area (TPSA) is 85.8 Å². The minimum atomic E-state index is -0.130. The van der Waals surface area contributed by atoms with Crippen LogP contribution in [-0.2, 0) is 23.5 Å². The lowest BCUT2D eigenvalue weighted by Gasteiger charge is -2.01. The Labute approximate surface area is 141 Å². The molecule has 7 nitrogen and oxygen atoms in total. The minimum absolute atomic E-state index is 0.130. The van der Waals surface area contributed by atoms with Crippen molar-refractivity contribution >= 4 is 34.1 Å². The number of thiazole rings is 1. The molecular weight excluding hydrogens is 334 g/mol. The van der Waals surface area contributed by atoms with Gasteiger partial charge in [0, 0.05) is 18.8 Å². The molecule has 0 aromatic carbocycles. The molecule has 0 aliphatic heterocycles. The summed E-state index contributed by atoms with van der Waals surface area (Å²) in [6, 6.07) is 0. The number of thioether (sulfide) groups is 1. The summed E-state index contributed by atoms with van der Waals surface area (Å²) in [6.07, 6.45) is 9.31. The number of nitrogens with one attached hydrogen (secondary N) is 1. The van der Waals surface area contributed by atoms with Crippen molar-refractivity contribution in [2.24, 2.45) is 0 Å². The van der Waals surface area contributed by atoms with Gasteiger partial charge in [-0.3, -0.25) is 4.79 Å². The Hall–Kier alpha value is -2.13. The van der Waals surface area contributed by atoms with Crippen LogP contribution >= 0.6 is 23.1 Å². The van der Waals surface area contributed by atoms with Gasteiger partial charge in [0.1, 0.15) is 12.3 Å². The Morgan fingerprint density at radius 1 is 1.43 bits per heavy atom. The largest absolute Gasteiger partial charge is 0.445 e. The van der Waals surface area contributed by atoms with Crippen LogP contribution in [0.25, 0.3) is 0 Å². The molecule has 0 saturated carbocycles. The monoisotopic (exact) mass is 349 g/mol. The van der Waals surface area contributed by atoms with Gasteiger partial charge in [-0.05, 0) is 0 Å². The predicted octanol–water partition coefficient (Wildman–Crippen LogP) is 2.82. The number of aromatic nitrogens is 4. The number of amides is 1. The highest BCUT2D eigenvalue weighted by atomic mass is 32.2. The van der Waals surface area contributed by atoms with Gasteiger partial charge in [0.2, 0.25) is 11.8 Å². The number of anilines is 1. The quantitative estimate of drug-likeness (QED) is 0.660. The van der Waals surface area contributed by atoms with Crippen molar-refractivity contribution in [1.82, 2.24) is 19.5 Å². The van der Waals surface area contributed by atoms with Crippen LogP contribution in [0.5, 0.6) is 0 Å². The summed E-state index contributed by atoms with van der Waals surface area (Å²) in [4.78, 5) is 24.2. The zero-order valence-corrected chi connectivity index (χ0v) is 14.1. The molecule has 0 aliphatic rings. The van der Waals surface area contributed by atoms with E-state index in [-0.39, 0.29) is 12.5 Å². The third-order valence-electron chi connectivity index (χ3n) is 2.90. The van der Waals surface area contributed by atoms with E-state index in [0.717, 1.165) is 16.4 Å². The van der Waals surface area contributed by atoms with E-state index in [2.05, 4.69) is 20.3 Å². The normalized spacial score (nSPS) is 10.8. The van der Waals surface area contributed by atoms with E-state index >= 15 is 0 Å². The summed E-state index contributed by atoms with van der Waals surface area (Å²) >= 11 is 3.02. The van der Waals surface area contributed by atoms with Crippen molar-refractivity contribution in [3.05, 3.63) is 42.8 Å². The predicted molar refractivity (Wildman–Crippen MR) is 88.4 cm³/mol. The Balaban J connectivity index is 1.50. The van der Waals surface area contributed by atoms with Gasteiger partial charge in [-0.1, -0.05) is 18.3 Å². The summed E-state index contributed by atoms with van der Waals surface area (Å²) < 4.78 is 8.26. The first-order valence-electron chi connectivity index (χ1n) is 7.00. The molecule has 120 valence electrons. The van der Waals surface area contributed by atoms with Gasteiger partial charge in [0.25, 0.3) is 0 Å². The van der Waals surface area contributed by atoms with Crippen LogP contribution < -0.4 is 5.32 Å². The van der Waals surface area contributed by atoms with Crippen molar-refractivity contribution in [3.8, 4) is 0 Å². The lowest BCUT2D eigenvalue weighted by Crippen LogP contribution is -2.17. The second kappa shape index (κ2) is 7.42. The standard InChI is InChI=1S/C14H15N5O2S2/c1-2-10-5-16-12(21-10)8-22-13-6-17-14(23-13)18-11(20)7-19-4-3-15-9-19/h3-6,9H,2,7-8H2,1H3,(H,17,18,20). The van der Waals surface area contributed by atoms with E-state index in [1.807, 2.05) is 6.92 Å². The first-order valence-corrected chi connectivity index (χ1v) is 8.81. The maximum absolute atomic E-state index is 11.9. The van der Waals surface area contributed by atoms with Crippen molar-refractivity contribution < 1.29 is 9.21 Å². The van der Waals surface area contributed by atoms with Gasteiger partial charge in [0.15, 0.2) is 5.13 Å². The fourth-order valence-electron chi connectivity index (χ4n) is 1.80. The van der Waals surface area contributed by atoms with Gasteiger partial charge >= 0.3 is 0 Å². The van der Waals surface area contributed by atoms with Crippen LogP contribution in [0.1, 0.15) is 18.6 Å². The lowest BCUT2D eigenvalue weighted by atomic mass is 10.4. The number of carbonyl (C=O) groups excluding carboxylic acids is 1. The number of imidazole rings is 1. The Morgan fingerprint density at radius 2 is 2.35 bits per heavy atom. The number of hydrogen-bond acceptors (Lipinski definition) is 7. The molecule has 0 unspecified atom stereocenters. The fraction of sp³-hybridized carbons (Fsp3) is 0.286. The Kier molecular flexibility index (Phi) is 5.09. The van der Waals surface area contributed by atoms with Crippen LogP contribution in [0.3, 0.4) is 0 Å². The molecule has 1 amide bonds. The van der Waals surface area contributed by atoms with Crippen LogP contribution in [0.4, 0.5) is 5.13 Å². The third kappa shape index (κ3) is 4.42. The Bertz CT molecular complexity index is 766.